The molecule has 2 aromatic rings. The summed E-state index contributed by atoms with van der Waals surface area (Å²) in [5, 5.41) is 11.9. The molecule has 1 heterocycles. The molecule has 0 saturated heterocycles. The van der Waals surface area contributed by atoms with Crippen molar-refractivity contribution in [1.29, 1.82) is 5.26 Å². The Bertz CT molecular complexity index is 687. The molecule has 0 radical (unpaired) electrons. The van der Waals surface area contributed by atoms with Gasteiger partial charge in [-0.2, -0.15) is 10.2 Å². The minimum Gasteiger partial charge on any atom is -0.369 e. The van der Waals surface area contributed by atoms with Gasteiger partial charge in [-0.3, -0.25) is 9.78 Å². The quantitative estimate of drug-likeness (QED) is 0.699. The number of nitrogens with two attached hydrogens (primary N) is 1. The number of hydrogen-bond acceptors (Lipinski definition) is 5. The summed E-state index contributed by atoms with van der Waals surface area (Å²) >= 11 is 0. The molecule has 0 saturated carbocycles. The van der Waals surface area contributed by atoms with Crippen molar-refractivity contribution in [2.45, 2.75) is 19.3 Å². The van der Waals surface area contributed by atoms with Crippen LogP contribution in [0, 0.1) is 11.3 Å². The Balaban J connectivity index is 1.84. The number of nitrogen functional groups attached to an aromatic ring is 1. The molecule has 2 rings (SSSR count). The van der Waals surface area contributed by atoms with Crippen molar-refractivity contribution in [3.63, 3.8) is 0 Å². The Labute approximate surface area is 122 Å². The van der Waals surface area contributed by atoms with E-state index in [4.69, 9.17) is 11.0 Å². The number of aryl methyl sites for hydroxylation is 1. The number of nitriles is 1. The van der Waals surface area contributed by atoms with Crippen LogP contribution in [0.1, 0.15) is 24.0 Å². The van der Waals surface area contributed by atoms with Crippen LogP contribution in [-0.2, 0) is 6.42 Å². The number of aromatic amines is 1. The van der Waals surface area contributed by atoms with Gasteiger partial charge >= 0.3 is 0 Å². The highest BCUT2D eigenvalue weighted by molar-refractivity contribution is 5.52. The highest BCUT2D eigenvalue weighted by Gasteiger charge is 2.09. The summed E-state index contributed by atoms with van der Waals surface area (Å²) in [7, 11) is 0. The van der Waals surface area contributed by atoms with Gasteiger partial charge in [-0.05, 0) is 24.8 Å². The van der Waals surface area contributed by atoms with Crippen molar-refractivity contribution in [2.24, 2.45) is 0 Å². The van der Waals surface area contributed by atoms with E-state index in [0.717, 1.165) is 19.3 Å². The lowest BCUT2D eigenvalue weighted by atomic mass is 10.1. The van der Waals surface area contributed by atoms with E-state index in [2.05, 4.69) is 27.4 Å². The maximum Gasteiger partial charge on any atom is 0.272 e. The fourth-order valence-electron chi connectivity index (χ4n) is 2.03. The third-order valence-corrected chi connectivity index (χ3v) is 3.08. The lowest BCUT2D eigenvalue weighted by molar-refractivity contribution is 0.761. The fourth-order valence-corrected chi connectivity index (χ4v) is 2.03. The van der Waals surface area contributed by atoms with Crippen molar-refractivity contribution in [2.75, 3.05) is 17.6 Å². The highest BCUT2D eigenvalue weighted by Crippen LogP contribution is 2.09. The molecule has 0 aliphatic carbocycles. The first kappa shape index (κ1) is 14.6. The molecule has 6 heteroatoms. The van der Waals surface area contributed by atoms with E-state index >= 15 is 0 Å². The van der Waals surface area contributed by atoms with Gasteiger partial charge in [-0.25, -0.2) is 0 Å². The molecule has 0 unspecified atom stereocenters. The zero-order valence-corrected chi connectivity index (χ0v) is 11.6. The fraction of sp³-hybridized carbons (Fsp3) is 0.267. The molecule has 4 N–H and O–H groups in total. The van der Waals surface area contributed by atoms with E-state index in [1.807, 2.05) is 24.3 Å². The standard InChI is InChI=1S/C15H17N5O/c16-10-12-13(19-15(17)20-14(12)21)18-9-5-4-8-11-6-2-1-3-7-11/h1-3,6-7H,4-5,8-9H2,(H4,17,18,19,20,21). The van der Waals surface area contributed by atoms with E-state index in [-0.39, 0.29) is 17.3 Å². The van der Waals surface area contributed by atoms with E-state index in [9.17, 15) is 4.79 Å². The van der Waals surface area contributed by atoms with Gasteiger partial charge in [-0.1, -0.05) is 30.3 Å². The molecule has 6 nitrogen and oxygen atoms in total. The van der Waals surface area contributed by atoms with Gasteiger partial charge in [0.25, 0.3) is 5.56 Å². The molecule has 0 spiro atoms. The molecule has 1 aromatic carbocycles. The lowest BCUT2D eigenvalue weighted by Crippen LogP contribution is -2.18. The van der Waals surface area contributed by atoms with Crippen molar-refractivity contribution in [3.05, 3.63) is 51.8 Å². The van der Waals surface area contributed by atoms with Crippen LogP contribution >= 0.6 is 0 Å². The largest absolute Gasteiger partial charge is 0.369 e. The van der Waals surface area contributed by atoms with Gasteiger partial charge < -0.3 is 11.1 Å². The number of aromatic nitrogens is 2. The molecule has 21 heavy (non-hydrogen) atoms. The van der Waals surface area contributed by atoms with Crippen LogP contribution in [0.3, 0.4) is 0 Å². The second-order valence-electron chi connectivity index (χ2n) is 4.66. The number of hydrogen-bond donors (Lipinski definition) is 3. The predicted molar refractivity (Wildman–Crippen MR) is 81.9 cm³/mol. The average molecular weight is 283 g/mol. The van der Waals surface area contributed by atoms with Crippen LogP contribution in [0.25, 0.3) is 0 Å². The monoisotopic (exact) mass is 283 g/mol. The van der Waals surface area contributed by atoms with Gasteiger partial charge in [0.1, 0.15) is 6.07 Å². The molecular weight excluding hydrogens is 266 g/mol. The van der Waals surface area contributed by atoms with Crippen LogP contribution in [0.4, 0.5) is 11.8 Å². The third kappa shape index (κ3) is 4.08. The molecular formula is C15H17N5O. The summed E-state index contributed by atoms with van der Waals surface area (Å²) < 4.78 is 0. The maximum absolute atomic E-state index is 11.5. The highest BCUT2D eigenvalue weighted by atomic mass is 16.1. The topological polar surface area (TPSA) is 108 Å². The summed E-state index contributed by atoms with van der Waals surface area (Å²) in [5.41, 5.74) is 6.22. The van der Waals surface area contributed by atoms with Gasteiger partial charge in [-0.15, -0.1) is 0 Å². The molecule has 0 aliphatic heterocycles. The second kappa shape index (κ2) is 7.10. The molecule has 1 aromatic heterocycles. The van der Waals surface area contributed by atoms with Crippen molar-refractivity contribution < 1.29 is 0 Å². The number of nitrogens with one attached hydrogen (secondary N) is 2. The number of benzene rings is 1. The summed E-state index contributed by atoms with van der Waals surface area (Å²) in [6, 6.07) is 12.1. The van der Waals surface area contributed by atoms with Gasteiger partial charge in [0.2, 0.25) is 5.95 Å². The van der Waals surface area contributed by atoms with Crippen LogP contribution in [0.15, 0.2) is 35.1 Å². The third-order valence-electron chi connectivity index (χ3n) is 3.08. The number of rotatable bonds is 6. The number of unbranched alkanes of at least 4 members (excludes halogenated alkanes) is 1. The normalized spacial score (nSPS) is 10.0. The van der Waals surface area contributed by atoms with Crippen molar-refractivity contribution >= 4 is 11.8 Å². The number of anilines is 2. The molecule has 0 amide bonds. The molecule has 108 valence electrons. The minimum atomic E-state index is -0.517. The van der Waals surface area contributed by atoms with Crippen molar-refractivity contribution in [3.8, 4) is 6.07 Å². The first-order valence-corrected chi connectivity index (χ1v) is 6.78. The Hall–Kier alpha value is -2.81. The van der Waals surface area contributed by atoms with E-state index in [1.54, 1.807) is 0 Å². The summed E-state index contributed by atoms with van der Waals surface area (Å²) in [6.45, 7) is 0.636. The van der Waals surface area contributed by atoms with E-state index in [0.29, 0.717) is 6.54 Å². The summed E-state index contributed by atoms with van der Waals surface area (Å²) in [6.07, 6.45) is 2.92. The van der Waals surface area contributed by atoms with E-state index in [1.165, 1.54) is 5.56 Å². The summed E-state index contributed by atoms with van der Waals surface area (Å²) in [4.78, 5) is 17.8. The lowest BCUT2D eigenvalue weighted by Gasteiger charge is -2.07. The molecule has 0 fully saturated rings. The smallest absolute Gasteiger partial charge is 0.272 e. The number of nitrogens with zero attached hydrogens (tertiary/aromatic N) is 2. The Morgan fingerprint density at radius 2 is 2.05 bits per heavy atom. The average Bonchev–Trinajstić information content (AvgIpc) is 2.47. The SMILES string of the molecule is N#Cc1c(NCCCCc2ccccc2)nc(N)[nH]c1=O. The first-order chi connectivity index (χ1) is 10.2. The Morgan fingerprint density at radius 3 is 2.76 bits per heavy atom. The summed E-state index contributed by atoms with van der Waals surface area (Å²) in [5.74, 6) is 0.254. The molecule has 0 atom stereocenters. The second-order valence-corrected chi connectivity index (χ2v) is 4.66. The van der Waals surface area contributed by atoms with Gasteiger partial charge in [0.15, 0.2) is 11.4 Å². The Kier molecular flexibility index (Phi) is 4.94. The number of H-pyrrole nitrogens is 1. The zero-order chi connectivity index (χ0) is 15.1. The van der Waals surface area contributed by atoms with Gasteiger partial charge in [0.05, 0.1) is 0 Å². The zero-order valence-electron chi connectivity index (χ0n) is 11.6. The van der Waals surface area contributed by atoms with Crippen LogP contribution in [0.5, 0.6) is 0 Å². The maximum atomic E-state index is 11.5. The van der Waals surface area contributed by atoms with Crippen LogP contribution in [-0.4, -0.2) is 16.5 Å². The minimum absolute atomic E-state index is 0.00536. The first-order valence-electron chi connectivity index (χ1n) is 6.78. The van der Waals surface area contributed by atoms with E-state index < -0.39 is 5.56 Å². The Morgan fingerprint density at radius 1 is 1.29 bits per heavy atom. The van der Waals surface area contributed by atoms with Crippen LogP contribution in [0.2, 0.25) is 0 Å². The van der Waals surface area contributed by atoms with Crippen LogP contribution < -0.4 is 16.6 Å². The van der Waals surface area contributed by atoms with Crippen molar-refractivity contribution in [1.82, 2.24) is 9.97 Å². The predicted octanol–water partition coefficient (Wildman–Crippen LogP) is 1.66. The molecule has 0 aliphatic rings. The van der Waals surface area contributed by atoms with Gasteiger partial charge in [0, 0.05) is 6.54 Å². The molecule has 0 bridgehead atoms.